The topological polar surface area (TPSA) is 54.5 Å². The monoisotopic (exact) mass is 408 g/mol. The van der Waals surface area contributed by atoms with Crippen LogP contribution >= 0.6 is 0 Å². The molecular weight excluding hydrogens is 396 g/mol. The summed E-state index contributed by atoms with van der Waals surface area (Å²) in [5, 5.41) is 1.57. The number of alkyl halides is 3. The van der Waals surface area contributed by atoms with E-state index in [-0.39, 0.29) is 11.3 Å². The molecular formula is C22H12F4N4. The predicted molar refractivity (Wildman–Crippen MR) is 105 cm³/mol. The lowest BCUT2D eigenvalue weighted by atomic mass is 9.98. The van der Waals surface area contributed by atoms with Gasteiger partial charge in [-0.05, 0) is 48.0 Å². The van der Waals surface area contributed by atoms with Crippen LogP contribution < -0.4 is 0 Å². The molecule has 0 spiro atoms. The molecule has 0 unspecified atom stereocenters. The van der Waals surface area contributed by atoms with Crippen molar-refractivity contribution < 1.29 is 17.6 Å². The molecule has 148 valence electrons. The van der Waals surface area contributed by atoms with Gasteiger partial charge >= 0.3 is 6.18 Å². The Morgan fingerprint density at radius 2 is 1.73 bits per heavy atom. The van der Waals surface area contributed by atoms with Crippen LogP contribution in [0.25, 0.3) is 44.3 Å². The molecule has 0 amide bonds. The van der Waals surface area contributed by atoms with Crippen LogP contribution in [-0.2, 0) is 6.18 Å². The SMILES string of the molecule is Fc1ccc(C(F)(F)F)cc1-c1cc(-c2c[nH]c3cnccc23)c2cccnc2n1. The van der Waals surface area contributed by atoms with Gasteiger partial charge in [-0.3, -0.25) is 4.98 Å². The molecule has 0 aliphatic rings. The van der Waals surface area contributed by atoms with Gasteiger partial charge < -0.3 is 4.98 Å². The second kappa shape index (κ2) is 6.62. The van der Waals surface area contributed by atoms with E-state index in [1.165, 1.54) is 6.20 Å². The van der Waals surface area contributed by atoms with Crippen LogP contribution in [0.5, 0.6) is 0 Å². The summed E-state index contributed by atoms with van der Waals surface area (Å²) in [7, 11) is 0. The first kappa shape index (κ1) is 18.2. The summed E-state index contributed by atoms with van der Waals surface area (Å²) in [6.45, 7) is 0. The second-order valence-corrected chi connectivity index (χ2v) is 6.75. The predicted octanol–water partition coefficient (Wildman–Crippen LogP) is 6.00. The lowest BCUT2D eigenvalue weighted by molar-refractivity contribution is -0.137. The minimum atomic E-state index is -4.59. The van der Waals surface area contributed by atoms with Crippen LogP contribution in [0, 0.1) is 5.82 Å². The maximum absolute atomic E-state index is 14.5. The molecule has 30 heavy (non-hydrogen) atoms. The highest BCUT2D eigenvalue weighted by atomic mass is 19.4. The fraction of sp³-hybridized carbons (Fsp3) is 0.0455. The molecule has 0 aliphatic heterocycles. The van der Waals surface area contributed by atoms with Crippen molar-refractivity contribution in [2.45, 2.75) is 6.18 Å². The molecule has 0 aliphatic carbocycles. The Labute approximate surface area is 167 Å². The van der Waals surface area contributed by atoms with Crippen LogP contribution in [-0.4, -0.2) is 19.9 Å². The first-order chi connectivity index (χ1) is 14.4. The summed E-state index contributed by atoms with van der Waals surface area (Å²) < 4.78 is 54.1. The molecule has 4 heterocycles. The van der Waals surface area contributed by atoms with Gasteiger partial charge in [-0.15, -0.1) is 0 Å². The number of nitrogens with zero attached hydrogens (tertiary/aromatic N) is 3. The minimum Gasteiger partial charge on any atom is -0.359 e. The Morgan fingerprint density at radius 3 is 2.57 bits per heavy atom. The van der Waals surface area contributed by atoms with Gasteiger partial charge in [0.1, 0.15) is 5.82 Å². The van der Waals surface area contributed by atoms with E-state index in [1.54, 1.807) is 30.7 Å². The summed E-state index contributed by atoms with van der Waals surface area (Å²) in [6, 6.07) is 9.27. The van der Waals surface area contributed by atoms with E-state index in [0.717, 1.165) is 28.6 Å². The third-order valence-corrected chi connectivity index (χ3v) is 4.93. The molecule has 0 fully saturated rings. The van der Waals surface area contributed by atoms with Gasteiger partial charge in [-0.1, -0.05) is 0 Å². The molecule has 4 aromatic heterocycles. The Kier molecular flexibility index (Phi) is 4.02. The molecule has 5 aromatic rings. The van der Waals surface area contributed by atoms with Crippen molar-refractivity contribution in [2.24, 2.45) is 0 Å². The number of hydrogen-bond donors (Lipinski definition) is 1. The number of aromatic nitrogens is 4. The van der Waals surface area contributed by atoms with Crippen molar-refractivity contribution >= 4 is 21.9 Å². The molecule has 5 rings (SSSR count). The second-order valence-electron chi connectivity index (χ2n) is 6.75. The molecule has 4 nitrogen and oxygen atoms in total. The van der Waals surface area contributed by atoms with Gasteiger partial charge in [0.15, 0.2) is 5.65 Å². The lowest BCUT2D eigenvalue weighted by Crippen LogP contribution is -2.05. The van der Waals surface area contributed by atoms with Crippen molar-refractivity contribution in [1.29, 1.82) is 0 Å². The maximum atomic E-state index is 14.5. The van der Waals surface area contributed by atoms with Crippen molar-refractivity contribution in [3.05, 3.63) is 78.6 Å². The van der Waals surface area contributed by atoms with Crippen LogP contribution in [0.15, 0.2) is 67.3 Å². The minimum absolute atomic E-state index is 0.0724. The highest BCUT2D eigenvalue weighted by Crippen LogP contribution is 2.37. The molecule has 0 saturated carbocycles. The van der Waals surface area contributed by atoms with Gasteiger partial charge in [0.25, 0.3) is 0 Å². The highest BCUT2D eigenvalue weighted by Gasteiger charge is 2.31. The summed E-state index contributed by atoms with van der Waals surface area (Å²) in [5.41, 5.74) is 1.47. The fourth-order valence-corrected chi connectivity index (χ4v) is 3.51. The van der Waals surface area contributed by atoms with Crippen molar-refractivity contribution in [1.82, 2.24) is 19.9 Å². The van der Waals surface area contributed by atoms with Gasteiger partial charge in [0.2, 0.25) is 0 Å². The number of hydrogen-bond acceptors (Lipinski definition) is 3. The van der Waals surface area contributed by atoms with Crippen LogP contribution in [0.3, 0.4) is 0 Å². The largest absolute Gasteiger partial charge is 0.416 e. The zero-order valence-electron chi connectivity index (χ0n) is 15.2. The summed E-state index contributed by atoms with van der Waals surface area (Å²) in [4.78, 5) is 15.8. The van der Waals surface area contributed by atoms with Crippen LogP contribution in [0.4, 0.5) is 17.6 Å². The average molecular weight is 408 g/mol. The molecule has 1 aromatic carbocycles. The third kappa shape index (κ3) is 2.97. The van der Waals surface area contributed by atoms with Gasteiger partial charge in [0, 0.05) is 40.5 Å². The third-order valence-electron chi connectivity index (χ3n) is 4.93. The number of H-pyrrole nitrogens is 1. The number of rotatable bonds is 2. The zero-order chi connectivity index (χ0) is 20.9. The Morgan fingerprint density at radius 1 is 0.867 bits per heavy atom. The molecule has 0 radical (unpaired) electrons. The van der Waals surface area contributed by atoms with E-state index in [4.69, 9.17) is 0 Å². The molecule has 0 atom stereocenters. The first-order valence-electron chi connectivity index (χ1n) is 8.96. The van der Waals surface area contributed by atoms with E-state index in [2.05, 4.69) is 19.9 Å². The highest BCUT2D eigenvalue weighted by molar-refractivity contribution is 6.04. The smallest absolute Gasteiger partial charge is 0.359 e. The quantitative estimate of drug-likeness (QED) is 0.365. The number of pyridine rings is 3. The summed E-state index contributed by atoms with van der Waals surface area (Å²) >= 11 is 0. The van der Waals surface area contributed by atoms with Crippen molar-refractivity contribution in [2.75, 3.05) is 0 Å². The van der Waals surface area contributed by atoms with E-state index < -0.39 is 17.6 Å². The molecule has 8 heteroatoms. The molecule has 1 N–H and O–H groups in total. The summed E-state index contributed by atoms with van der Waals surface area (Å²) in [6.07, 6.45) is 2.04. The number of fused-ring (bicyclic) bond motifs is 2. The van der Waals surface area contributed by atoms with E-state index in [0.29, 0.717) is 22.7 Å². The van der Waals surface area contributed by atoms with E-state index >= 15 is 0 Å². The standard InChI is InChI=1S/C22H12F4N4/c23-18-4-3-12(22(24,25)26)8-16(18)19-9-15(14-2-1-6-28-21(14)30-19)17-10-29-20-11-27-7-5-13(17)20/h1-11,29H. The van der Waals surface area contributed by atoms with Crippen molar-refractivity contribution in [3.63, 3.8) is 0 Å². The number of benzene rings is 1. The average Bonchev–Trinajstić information content (AvgIpc) is 3.16. The van der Waals surface area contributed by atoms with E-state index in [1.807, 2.05) is 12.1 Å². The number of nitrogens with one attached hydrogen (secondary N) is 1. The maximum Gasteiger partial charge on any atom is 0.416 e. The summed E-state index contributed by atoms with van der Waals surface area (Å²) in [5.74, 6) is -0.792. The Hall–Kier alpha value is -3.81. The number of halogens is 4. The number of aromatic amines is 1. The Bertz CT molecular complexity index is 1410. The molecule has 0 bridgehead atoms. The van der Waals surface area contributed by atoms with Gasteiger partial charge in [-0.2, -0.15) is 13.2 Å². The van der Waals surface area contributed by atoms with Crippen LogP contribution in [0.1, 0.15) is 5.56 Å². The van der Waals surface area contributed by atoms with Crippen molar-refractivity contribution in [3.8, 4) is 22.4 Å². The first-order valence-corrected chi connectivity index (χ1v) is 8.96. The van der Waals surface area contributed by atoms with E-state index in [9.17, 15) is 17.6 Å². The van der Waals surface area contributed by atoms with Gasteiger partial charge in [0.05, 0.1) is 23.0 Å². The van der Waals surface area contributed by atoms with Crippen LogP contribution in [0.2, 0.25) is 0 Å². The van der Waals surface area contributed by atoms with Gasteiger partial charge in [-0.25, -0.2) is 14.4 Å². The zero-order valence-corrected chi connectivity index (χ0v) is 15.2. The molecule has 0 saturated heterocycles. The fourth-order valence-electron chi connectivity index (χ4n) is 3.51. The normalized spacial score (nSPS) is 12.0. The lowest BCUT2D eigenvalue weighted by Gasteiger charge is -2.12. The Balaban J connectivity index is 1.81.